The van der Waals surface area contributed by atoms with E-state index in [0.717, 1.165) is 54.6 Å². The van der Waals surface area contributed by atoms with Crippen LogP contribution in [0.2, 0.25) is 0 Å². The molecule has 1 aliphatic heterocycles. The summed E-state index contributed by atoms with van der Waals surface area (Å²) < 4.78 is 12.7. The van der Waals surface area contributed by atoms with Gasteiger partial charge < -0.3 is 14.4 Å². The molecule has 0 radical (unpaired) electrons. The van der Waals surface area contributed by atoms with Crippen LogP contribution >= 0.6 is 15.9 Å². The molecule has 1 heterocycles. The van der Waals surface area contributed by atoms with Gasteiger partial charge in [-0.1, -0.05) is 22.0 Å². The van der Waals surface area contributed by atoms with E-state index in [1.165, 1.54) is 0 Å². The minimum atomic E-state index is -0.425. The Bertz CT molecular complexity index is 604. The monoisotopic (exact) mass is 425 g/mol. The summed E-state index contributed by atoms with van der Waals surface area (Å²) in [6, 6.07) is 6.06. The van der Waals surface area contributed by atoms with Crippen LogP contribution < -0.4 is 4.74 Å². The zero-order valence-electron chi connectivity index (χ0n) is 16.7. The normalized spacial score (nSPS) is 17.1. The molecule has 4 nitrogen and oxygen atoms in total. The van der Waals surface area contributed by atoms with Gasteiger partial charge in [-0.05, 0) is 78.4 Å². The summed E-state index contributed by atoms with van der Waals surface area (Å²) in [5.41, 5.74) is 0.718. The quantitative estimate of drug-likeness (QED) is 0.584. The third-order valence-electron chi connectivity index (χ3n) is 4.79. The summed E-state index contributed by atoms with van der Waals surface area (Å²) in [6.45, 7) is 11.5. The zero-order chi connectivity index (χ0) is 19.3. The first-order valence-electron chi connectivity index (χ1n) is 9.55. The molecule has 0 saturated carbocycles. The third kappa shape index (κ3) is 6.49. The molecule has 0 aromatic heterocycles. The average molecular weight is 426 g/mol. The van der Waals surface area contributed by atoms with Gasteiger partial charge >= 0.3 is 6.09 Å². The fourth-order valence-corrected chi connectivity index (χ4v) is 3.54. The number of piperidine rings is 1. The van der Waals surface area contributed by atoms with Crippen molar-refractivity contribution in [1.82, 2.24) is 4.90 Å². The summed E-state index contributed by atoms with van der Waals surface area (Å²) in [6.07, 6.45) is 4.26. The summed E-state index contributed by atoms with van der Waals surface area (Å²) >= 11 is 3.55. The molecule has 146 valence electrons. The van der Waals surface area contributed by atoms with Crippen molar-refractivity contribution in [2.45, 2.75) is 72.0 Å². The van der Waals surface area contributed by atoms with Crippen molar-refractivity contribution in [1.29, 1.82) is 0 Å². The molecule has 5 heteroatoms. The Morgan fingerprint density at radius 1 is 1.31 bits per heavy atom. The van der Waals surface area contributed by atoms with Crippen LogP contribution in [0.4, 0.5) is 4.79 Å². The zero-order valence-corrected chi connectivity index (χ0v) is 18.3. The minimum Gasteiger partial charge on any atom is -0.490 e. The van der Waals surface area contributed by atoms with Gasteiger partial charge in [-0.3, -0.25) is 0 Å². The van der Waals surface area contributed by atoms with E-state index < -0.39 is 5.60 Å². The number of ether oxygens (including phenoxy) is 2. The summed E-state index contributed by atoms with van der Waals surface area (Å²) in [5, 5.41) is 0. The summed E-state index contributed by atoms with van der Waals surface area (Å²) in [5.74, 6) is 1.61. The van der Waals surface area contributed by atoms with Gasteiger partial charge in [0.25, 0.3) is 0 Å². The highest BCUT2D eigenvalue weighted by Crippen LogP contribution is 2.28. The van der Waals surface area contributed by atoms with Gasteiger partial charge in [-0.25, -0.2) is 4.79 Å². The second-order valence-electron chi connectivity index (χ2n) is 8.28. The van der Waals surface area contributed by atoms with Crippen LogP contribution in [0.15, 0.2) is 22.7 Å². The predicted molar refractivity (Wildman–Crippen MR) is 109 cm³/mol. The molecule has 26 heavy (non-hydrogen) atoms. The Hall–Kier alpha value is -1.23. The smallest absolute Gasteiger partial charge is 0.410 e. The van der Waals surface area contributed by atoms with E-state index in [1.807, 2.05) is 43.9 Å². The molecule has 1 aromatic rings. The maximum Gasteiger partial charge on any atom is 0.410 e. The van der Waals surface area contributed by atoms with Gasteiger partial charge in [-0.2, -0.15) is 0 Å². The number of halogens is 1. The van der Waals surface area contributed by atoms with E-state index in [4.69, 9.17) is 9.47 Å². The first-order valence-corrected chi connectivity index (χ1v) is 10.3. The second-order valence-corrected chi connectivity index (χ2v) is 9.13. The molecule has 1 atom stereocenters. The maximum absolute atomic E-state index is 12.1. The molecule has 0 aliphatic carbocycles. The Labute approximate surface area is 166 Å². The number of rotatable bonds is 5. The van der Waals surface area contributed by atoms with Crippen molar-refractivity contribution < 1.29 is 14.3 Å². The van der Waals surface area contributed by atoms with Gasteiger partial charge in [0.05, 0.1) is 6.10 Å². The number of carbonyl (C=O) groups excluding carboxylic acids is 1. The van der Waals surface area contributed by atoms with Gasteiger partial charge in [0, 0.05) is 23.1 Å². The van der Waals surface area contributed by atoms with Crippen molar-refractivity contribution in [3.8, 4) is 5.75 Å². The average Bonchev–Trinajstić information content (AvgIpc) is 2.56. The highest BCUT2D eigenvalue weighted by molar-refractivity contribution is 9.10. The molecule has 1 amide bonds. The SMILES string of the molecule is Cc1c(Br)cccc1O[C@@H](C)CCC1CCN(C(=O)OC(C)(C)C)CC1. The Kier molecular flexibility index (Phi) is 7.39. The molecule has 2 rings (SSSR count). The molecule has 1 aromatic carbocycles. The van der Waals surface area contributed by atoms with Crippen LogP contribution in [0, 0.1) is 12.8 Å². The van der Waals surface area contributed by atoms with E-state index in [9.17, 15) is 4.79 Å². The largest absolute Gasteiger partial charge is 0.490 e. The molecule has 0 unspecified atom stereocenters. The van der Waals surface area contributed by atoms with Crippen LogP contribution in [-0.2, 0) is 4.74 Å². The molecule has 0 bridgehead atoms. The highest BCUT2D eigenvalue weighted by atomic mass is 79.9. The minimum absolute atomic E-state index is 0.183. The number of benzene rings is 1. The number of likely N-dealkylation sites (tertiary alicyclic amines) is 1. The van der Waals surface area contributed by atoms with E-state index in [0.29, 0.717) is 5.92 Å². The van der Waals surface area contributed by atoms with Crippen LogP contribution in [0.5, 0.6) is 5.75 Å². The van der Waals surface area contributed by atoms with Crippen molar-refractivity contribution in [2.75, 3.05) is 13.1 Å². The van der Waals surface area contributed by atoms with E-state index in [2.05, 4.69) is 29.8 Å². The fourth-order valence-electron chi connectivity index (χ4n) is 3.19. The highest BCUT2D eigenvalue weighted by Gasteiger charge is 2.27. The van der Waals surface area contributed by atoms with Crippen molar-refractivity contribution in [3.63, 3.8) is 0 Å². The summed E-state index contributed by atoms with van der Waals surface area (Å²) in [7, 11) is 0. The Morgan fingerprint density at radius 2 is 1.96 bits per heavy atom. The lowest BCUT2D eigenvalue weighted by atomic mass is 9.91. The topological polar surface area (TPSA) is 38.8 Å². The Morgan fingerprint density at radius 3 is 2.58 bits per heavy atom. The standard InChI is InChI=1S/C21H32BrNO3/c1-15(25-19-8-6-7-18(22)16(19)2)9-10-17-11-13-23(14-12-17)20(24)26-21(3,4)5/h6-8,15,17H,9-14H2,1-5H3/t15-/m0/s1. The molecule has 0 N–H and O–H groups in total. The van der Waals surface area contributed by atoms with E-state index >= 15 is 0 Å². The Balaban J connectivity index is 1.72. The molecular weight excluding hydrogens is 394 g/mol. The van der Waals surface area contributed by atoms with Crippen molar-refractivity contribution in [3.05, 3.63) is 28.2 Å². The lowest BCUT2D eigenvalue weighted by molar-refractivity contribution is 0.0177. The first kappa shape index (κ1) is 21.1. The van der Waals surface area contributed by atoms with Crippen LogP contribution in [0.25, 0.3) is 0 Å². The second kappa shape index (κ2) is 9.12. The number of hydrogen-bond donors (Lipinski definition) is 0. The lowest BCUT2D eigenvalue weighted by Gasteiger charge is -2.33. The molecule has 1 saturated heterocycles. The molecule has 0 spiro atoms. The molecule has 1 aliphatic rings. The van der Waals surface area contributed by atoms with E-state index in [-0.39, 0.29) is 12.2 Å². The van der Waals surface area contributed by atoms with Gasteiger partial charge in [-0.15, -0.1) is 0 Å². The van der Waals surface area contributed by atoms with Crippen LogP contribution in [-0.4, -0.2) is 35.8 Å². The van der Waals surface area contributed by atoms with Crippen LogP contribution in [0.1, 0.15) is 58.9 Å². The van der Waals surface area contributed by atoms with Crippen molar-refractivity contribution in [2.24, 2.45) is 5.92 Å². The number of hydrogen-bond acceptors (Lipinski definition) is 3. The van der Waals surface area contributed by atoms with Gasteiger partial charge in [0.1, 0.15) is 11.4 Å². The fraction of sp³-hybridized carbons (Fsp3) is 0.667. The first-order chi connectivity index (χ1) is 12.2. The lowest BCUT2D eigenvalue weighted by Crippen LogP contribution is -2.41. The van der Waals surface area contributed by atoms with Gasteiger partial charge in [0.2, 0.25) is 0 Å². The van der Waals surface area contributed by atoms with Crippen molar-refractivity contribution >= 4 is 22.0 Å². The van der Waals surface area contributed by atoms with Gasteiger partial charge in [0.15, 0.2) is 0 Å². The van der Waals surface area contributed by atoms with E-state index in [1.54, 1.807) is 0 Å². The number of nitrogens with zero attached hydrogens (tertiary/aromatic N) is 1. The number of amides is 1. The van der Waals surface area contributed by atoms with Crippen LogP contribution in [0.3, 0.4) is 0 Å². The molecular formula is C21H32BrNO3. The molecule has 1 fully saturated rings. The number of carbonyl (C=O) groups is 1. The summed E-state index contributed by atoms with van der Waals surface area (Å²) in [4.78, 5) is 14.0. The third-order valence-corrected chi connectivity index (χ3v) is 5.65. The maximum atomic E-state index is 12.1. The predicted octanol–water partition coefficient (Wildman–Crippen LogP) is 5.95.